The summed E-state index contributed by atoms with van der Waals surface area (Å²) in [7, 11) is -2.00. The standard InChI is InChI=1S/C26H34N4O3S2/c1-19(2)16-30-23(15-27-26(30)35(31,32)18-21-9-7-6-8-10-21)17-29(20(3)4)25(34)28-22-11-13-24(33-5)14-12-22/h6-15,19-20H,16-18H2,1-5H3,(H,28,34). The van der Waals surface area contributed by atoms with E-state index in [0.29, 0.717) is 18.2 Å². The Morgan fingerprint density at radius 3 is 2.31 bits per heavy atom. The van der Waals surface area contributed by atoms with E-state index in [1.54, 1.807) is 13.3 Å². The molecule has 1 aromatic heterocycles. The number of nitrogens with one attached hydrogen (secondary N) is 1. The van der Waals surface area contributed by atoms with Gasteiger partial charge >= 0.3 is 0 Å². The van der Waals surface area contributed by atoms with Crippen molar-refractivity contribution in [3.05, 3.63) is 72.1 Å². The normalized spacial score (nSPS) is 11.6. The number of thiocarbonyl (C=S) groups is 1. The van der Waals surface area contributed by atoms with Gasteiger partial charge in [-0.15, -0.1) is 0 Å². The highest BCUT2D eigenvalue weighted by Gasteiger charge is 2.26. The molecule has 0 unspecified atom stereocenters. The topological polar surface area (TPSA) is 76.5 Å². The molecule has 0 saturated heterocycles. The third-order valence-corrected chi connectivity index (χ3v) is 7.42. The first-order chi connectivity index (χ1) is 16.6. The molecule has 0 atom stereocenters. The zero-order valence-corrected chi connectivity index (χ0v) is 22.6. The smallest absolute Gasteiger partial charge is 0.228 e. The van der Waals surface area contributed by atoms with Crippen molar-refractivity contribution in [1.82, 2.24) is 14.5 Å². The van der Waals surface area contributed by atoms with Gasteiger partial charge in [0.1, 0.15) is 5.75 Å². The second-order valence-electron chi connectivity index (χ2n) is 9.16. The minimum atomic E-state index is -3.63. The zero-order chi connectivity index (χ0) is 25.6. The third kappa shape index (κ3) is 7.05. The first-order valence-corrected chi connectivity index (χ1v) is 13.7. The summed E-state index contributed by atoms with van der Waals surface area (Å²) >= 11 is 5.73. The first kappa shape index (κ1) is 26.7. The number of benzene rings is 2. The fraction of sp³-hybridized carbons (Fsp3) is 0.385. The van der Waals surface area contributed by atoms with E-state index in [4.69, 9.17) is 17.0 Å². The molecule has 9 heteroatoms. The van der Waals surface area contributed by atoms with Crippen molar-refractivity contribution in [2.24, 2.45) is 5.92 Å². The highest BCUT2D eigenvalue weighted by molar-refractivity contribution is 7.90. The predicted octanol–water partition coefficient (Wildman–Crippen LogP) is 5.13. The molecule has 35 heavy (non-hydrogen) atoms. The lowest BCUT2D eigenvalue weighted by Gasteiger charge is -2.30. The van der Waals surface area contributed by atoms with Crippen molar-refractivity contribution in [3.63, 3.8) is 0 Å². The molecule has 0 spiro atoms. The molecule has 0 aliphatic heterocycles. The summed E-state index contributed by atoms with van der Waals surface area (Å²) in [4.78, 5) is 6.41. The molecule has 0 bridgehead atoms. The monoisotopic (exact) mass is 514 g/mol. The summed E-state index contributed by atoms with van der Waals surface area (Å²) in [6.07, 6.45) is 1.66. The summed E-state index contributed by atoms with van der Waals surface area (Å²) in [5.74, 6) is 0.919. The van der Waals surface area contributed by atoms with Crippen molar-refractivity contribution in [2.75, 3.05) is 12.4 Å². The Morgan fingerprint density at radius 1 is 1.09 bits per heavy atom. The van der Waals surface area contributed by atoms with Gasteiger partial charge in [-0.3, -0.25) is 0 Å². The van der Waals surface area contributed by atoms with E-state index in [1.165, 1.54) is 0 Å². The van der Waals surface area contributed by atoms with E-state index in [2.05, 4.69) is 38.0 Å². The molecular formula is C26H34N4O3S2. The maximum Gasteiger partial charge on any atom is 0.228 e. The number of nitrogens with zero attached hydrogens (tertiary/aromatic N) is 3. The van der Waals surface area contributed by atoms with Crippen molar-refractivity contribution in [1.29, 1.82) is 0 Å². The average Bonchev–Trinajstić information content (AvgIpc) is 3.20. The van der Waals surface area contributed by atoms with Gasteiger partial charge in [-0.1, -0.05) is 44.2 Å². The van der Waals surface area contributed by atoms with Crippen LogP contribution >= 0.6 is 12.2 Å². The third-order valence-electron chi connectivity index (χ3n) is 5.48. The molecule has 7 nitrogen and oxygen atoms in total. The zero-order valence-electron chi connectivity index (χ0n) is 20.9. The van der Waals surface area contributed by atoms with Gasteiger partial charge in [0.15, 0.2) is 5.11 Å². The fourth-order valence-corrected chi connectivity index (χ4v) is 5.61. The van der Waals surface area contributed by atoms with Crippen LogP contribution in [0.25, 0.3) is 0 Å². The van der Waals surface area contributed by atoms with Crippen LogP contribution in [0.15, 0.2) is 66.0 Å². The summed E-state index contributed by atoms with van der Waals surface area (Å²) in [6.45, 7) is 9.21. The molecular weight excluding hydrogens is 480 g/mol. The van der Waals surface area contributed by atoms with Crippen molar-refractivity contribution >= 4 is 32.9 Å². The lowest BCUT2D eigenvalue weighted by molar-refractivity contribution is 0.331. The SMILES string of the molecule is COc1ccc(NC(=S)N(Cc2cnc(S(=O)(=O)Cc3ccccc3)n2CC(C)C)C(C)C)cc1. The maximum atomic E-state index is 13.3. The molecule has 0 amide bonds. The van der Waals surface area contributed by atoms with Crippen molar-refractivity contribution in [3.8, 4) is 5.75 Å². The molecule has 188 valence electrons. The molecule has 3 aromatic rings. The Balaban J connectivity index is 1.87. The molecule has 1 N–H and O–H groups in total. The number of imidazole rings is 1. The van der Waals surface area contributed by atoms with Crippen LogP contribution in [0.1, 0.15) is 39.0 Å². The molecule has 0 aliphatic rings. The molecule has 2 aromatic carbocycles. The lowest BCUT2D eigenvalue weighted by Crippen LogP contribution is -2.40. The Kier molecular flexibility index (Phi) is 8.91. The average molecular weight is 515 g/mol. The Bertz CT molecular complexity index is 1220. The molecule has 0 aliphatic carbocycles. The number of methoxy groups -OCH3 is 1. The molecule has 1 heterocycles. The van der Waals surface area contributed by atoms with Gasteiger partial charge in [-0.25, -0.2) is 13.4 Å². The number of hydrogen-bond donors (Lipinski definition) is 1. The predicted molar refractivity (Wildman–Crippen MR) is 144 cm³/mol. The van der Waals surface area contributed by atoms with E-state index < -0.39 is 9.84 Å². The van der Waals surface area contributed by atoms with Crippen LogP contribution in [0.5, 0.6) is 5.75 Å². The van der Waals surface area contributed by atoms with Crippen LogP contribution in [0.4, 0.5) is 5.69 Å². The summed E-state index contributed by atoms with van der Waals surface area (Å²) in [5.41, 5.74) is 2.39. The maximum absolute atomic E-state index is 13.3. The second-order valence-corrected chi connectivity index (χ2v) is 11.4. The van der Waals surface area contributed by atoms with Crippen LogP contribution in [-0.4, -0.2) is 41.1 Å². The Labute approximate surface area is 214 Å². The van der Waals surface area contributed by atoms with Gasteiger partial charge in [0.25, 0.3) is 0 Å². The molecule has 3 rings (SSSR count). The summed E-state index contributed by atoms with van der Waals surface area (Å²) in [6, 6.07) is 16.8. The highest BCUT2D eigenvalue weighted by Crippen LogP contribution is 2.22. The van der Waals surface area contributed by atoms with Gasteiger partial charge in [0.05, 0.1) is 31.3 Å². The van der Waals surface area contributed by atoms with E-state index in [1.807, 2.05) is 64.1 Å². The minimum Gasteiger partial charge on any atom is -0.497 e. The number of aromatic nitrogens is 2. The quantitative estimate of drug-likeness (QED) is 0.376. The van der Waals surface area contributed by atoms with Gasteiger partial charge in [-0.2, -0.15) is 0 Å². The fourth-order valence-electron chi connectivity index (χ4n) is 3.72. The van der Waals surface area contributed by atoms with E-state index in [-0.39, 0.29) is 22.9 Å². The van der Waals surface area contributed by atoms with E-state index in [9.17, 15) is 8.42 Å². The van der Waals surface area contributed by atoms with E-state index in [0.717, 1.165) is 22.7 Å². The minimum absolute atomic E-state index is 0.0834. The number of anilines is 1. The van der Waals surface area contributed by atoms with Gasteiger partial charge in [0.2, 0.25) is 15.0 Å². The van der Waals surface area contributed by atoms with Gasteiger partial charge < -0.3 is 19.5 Å². The van der Waals surface area contributed by atoms with Crippen LogP contribution in [-0.2, 0) is 28.7 Å². The second kappa shape index (κ2) is 11.7. The number of hydrogen-bond acceptors (Lipinski definition) is 5. The number of sulfone groups is 1. The Hall–Kier alpha value is -2.91. The Morgan fingerprint density at radius 2 is 1.74 bits per heavy atom. The first-order valence-electron chi connectivity index (χ1n) is 11.6. The molecule has 0 fully saturated rings. The number of rotatable bonds is 10. The van der Waals surface area contributed by atoms with Crippen LogP contribution < -0.4 is 10.1 Å². The lowest BCUT2D eigenvalue weighted by atomic mass is 10.2. The summed E-state index contributed by atoms with van der Waals surface area (Å²) in [5, 5.41) is 3.93. The summed E-state index contributed by atoms with van der Waals surface area (Å²) < 4.78 is 33.7. The largest absolute Gasteiger partial charge is 0.497 e. The van der Waals surface area contributed by atoms with Crippen LogP contribution in [0.3, 0.4) is 0 Å². The molecule has 0 saturated carbocycles. The van der Waals surface area contributed by atoms with Gasteiger partial charge in [-0.05, 0) is 61.8 Å². The van der Waals surface area contributed by atoms with Crippen LogP contribution in [0.2, 0.25) is 0 Å². The molecule has 0 radical (unpaired) electrons. The van der Waals surface area contributed by atoms with Crippen molar-refractivity contribution in [2.45, 2.75) is 57.7 Å². The van der Waals surface area contributed by atoms with Crippen molar-refractivity contribution < 1.29 is 13.2 Å². The van der Waals surface area contributed by atoms with Gasteiger partial charge in [0, 0.05) is 18.3 Å². The van der Waals surface area contributed by atoms with E-state index >= 15 is 0 Å². The number of ether oxygens (including phenoxy) is 1. The highest BCUT2D eigenvalue weighted by atomic mass is 32.2. The van der Waals surface area contributed by atoms with Crippen LogP contribution in [0, 0.1) is 5.92 Å².